The number of nitrogens with zero attached hydrogens (tertiary/aromatic N) is 6. The molecule has 9 heteroatoms. The average molecular weight is 346 g/mol. The fourth-order valence-electron chi connectivity index (χ4n) is 3.73. The first kappa shape index (κ1) is 16.0. The van der Waals surface area contributed by atoms with Gasteiger partial charge in [-0.05, 0) is 25.7 Å². The van der Waals surface area contributed by atoms with E-state index in [4.69, 9.17) is 4.52 Å². The van der Waals surface area contributed by atoms with Crippen LogP contribution in [0.25, 0.3) is 0 Å². The van der Waals surface area contributed by atoms with Gasteiger partial charge in [0.15, 0.2) is 5.82 Å². The maximum atomic E-state index is 12.8. The molecule has 0 bridgehead atoms. The third-order valence-corrected chi connectivity index (χ3v) is 4.98. The van der Waals surface area contributed by atoms with Crippen molar-refractivity contribution in [2.24, 2.45) is 0 Å². The van der Waals surface area contributed by atoms with E-state index in [1.54, 1.807) is 16.4 Å². The molecule has 0 saturated carbocycles. The van der Waals surface area contributed by atoms with Gasteiger partial charge in [0.05, 0.1) is 6.04 Å². The third-order valence-electron chi connectivity index (χ3n) is 4.98. The molecule has 0 N–H and O–H groups in total. The molecule has 0 unspecified atom stereocenters. The van der Waals surface area contributed by atoms with Gasteiger partial charge in [0.1, 0.15) is 12.4 Å². The van der Waals surface area contributed by atoms with Gasteiger partial charge >= 0.3 is 5.69 Å². The SMILES string of the molecule is Cc1nc([C@@H]2CCCN2C(=O)Cn2nc3n(c2=O)CCCCC3)no1. The van der Waals surface area contributed by atoms with E-state index < -0.39 is 0 Å². The number of amides is 1. The fraction of sp³-hybridized carbons (Fsp3) is 0.688. The number of fused-ring (bicyclic) bond motifs is 1. The van der Waals surface area contributed by atoms with Crippen molar-refractivity contribution in [2.75, 3.05) is 6.54 Å². The van der Waals surface area contributed by atoms with Crippen LogP contribution in [0.4, 0.5) is 0 Å². The van der Waals surface area contributed by atoms with E-state index in [1.807, 2.05) is 0 Å². The molecule has 134 valence electrons. The molecule has 1 saturated heterocycles. The van der Waals surface area contributed by atoms with Crippen LogP contribution < -0.4 is 5.69 Å². The first-order chi connectivity index (χ1) is 12.1. The van der Waals surface area contributed by atoms with Gasteiger partial charge in [-0.2, -0.15) is 10.1 Å². The van der Waals surface area contributed by atoms with Crippen molar-refractivity contribution in [3.63, 3.8) is 0 Å². The number of aromatic nitrogens is 5. The highest BCUT2D eigenvalue weighted by Crippen LogP contribution is 2.30. The van der Waals surface area contributed by atoms with E-state index in [0.717, 1.165) is 44.3 Å². The molecule has 0 spiro atoms. The van der Waals surface area contributed by atoms with E-state index in [-0.39, 0.29) is 24.2 Å². The zero-order valence-corrected chi connectivity index (χ0v) is 14.3. The van der Waals surface area contributed by atoms with Gasteiger partial charge in [-0.1, -0.05) is 11.6 Å². The zero-order chi connectivity index (χ0) is 17.4. The second kappa shape index (κ2) is 6.45. The van der Waals surface area contributed by atoms with Gasteiger partial charge in [0, 0.05) is 26.4 Å². The number of rotatable bonds is 3. The number of hydrogen-bond acceptors (Lipinski definition) is 6. The molecule has 1 atom stereocenters. The van der Waals surface area contributed by atoms with Crippen LogP contribution in [0.2, 0.25) is 0 Å². The first-order valence-electron chi connectivity index (χ1n) is 8.89. The Balaban J connectivity index is 1.53. The molecule has 0 aliphatic carbocycles. The highest BCUT2D eigenvalue weighted by molar-refractivity contribution is 5.76. The van der Waals surface area contributed by atoms with E-state index >= 15 is 0 Å². The van der Waals surface area contributed by atoms with Gasteiger partial charge < -0.3 is 9.42 Å². The highest BCUT2D eigenvalue weighted by Gasteiger charge is 2.33. The van der Waals surface area contributed by atoms with Crippen LogP contribution in [0.1, 0.15) is 55.7 Å². The molecule has 1 amide bonds. The summed E-state index contributed by atoms with van der Waals surface area (Å²) in [4.78, 5) is 31.3. The van der Waals surface area contributed by atoms with E-state index in [1.165, 1.54) is 4.68 Å². The Hall–Kier alpha value is -2.45. The smallest absolute Gasteiger partial charge is 0.340 e. The molecular formula is C16H22N6O3. The summed E-state index contributed by atoms with van der Waals surface area (Å²) in [6, 6.07) is -0.180. The molecule has 0 aromatic carbocycles. The van der Waals surface area contributed by atoms with Crippen molar-refractivity contribution in [1.82, 2.24) is 29.4 Å². The summed E-state index contributed by atoms with van der Waals surface area (Å²) in [6.45, 7) is 3.03. The molecule has 4 rings (SSSR count). The predicted molar refractivity (Wildman–Crippen MR) is 86.8 cm³/mol. The maximum Gasteiger partial charge on any atom is 0.346 e. The molecule has 2 aliphatic rings. The summed E-state index contributed by atoms with van der Waals surface area (Å²) in [5.41, 5.74) is -0.184. The number of likely N-dealkylation sites (tertiary alicyclic amines) is 1. The molecule has 2 aromatic heterocycles. The molecule has 1 fully saturated rings. The minimum Gasteiger partial charge on any atom is -0.340 e. The lowest BCUT2D eigenvalue weighted by Gasteiger charge is -2.21. The minimum atomic E-state index is -0.184. The van der Waals surface area contributed by atoms with Crippen molar-refractivity contribution < 1.29 is 9.32 Å². The molecule has 2 aliphatic heterocycles. The number of carbonyl (C=O) groups excluding carboxylic acids is 1. The third kappa shape index (κ3) is 2.98. The molecule has 4 heterocycles. The Labute approximate surface area is 144 Å². The predicted octanol–water partition coefficient (Wildman–Crippen LogP) is 0.826. The van der Waals surface area contributed by atoms with Gasteiger partial charge in [0.25, 0.3) is 0 Å². The number of carbonyl (C=O) groups is 1. The van der Waals surface area contributed by atoms with E-state index in [9.17, 15) is 9.59 Å². The van der Waals surface area contributed by atoms with E-state index in [0.29, 0.717) is 24.8 Å². The Morgan fingerprint density at radius 2 is 2.12 bits per heavy atom. The highest BCUT2D eigenvalue weighted by atomic mass is 16.5. The summed E-state index contributed by atoms with van der Waals surface area (Å²) in [5, 5.41) is 8.34. The Kier molecular flexibility index (Phi) is 4.14. The molecule has 2 aromatic rings. The van der Waals surface area contributed by atoms with Crippen LogP contribution in [0, 0.1) is 6.92 Å². The summed E-state index contributed by atoms with van der Waals surface area (Å²) in [7, 11) is 0. The van der Waals surface area contributed by atoms with Gasteiger partial charge in [-0.15, -0.1) is 0 Å². The lowest BCUT2D eigenvalue weighted by molar-refractivity contribution is -0.133. The molecule has 9 nitrogen and oxygen atoms in total. The van der Waals surface area contributed by atoms with Crippen LogP contribution >= 0.6 is 0 Å². The lowest BCUT2D eigenvalue weighted by atomic mass is 10.2. The quantitative estimate of drug-likeness (QED) is 0.816. The summed E-state index contributed by atoms with van der Waals surface area (Å²) in [6.07, 6.45) is 5.62. The minimum absolute atomic E-state index is 0.0355. The topological polar surface area (TPSA) is 99.1 Å². The van der Waals surface area contributed by atoms with E-state index in [2.05, 4.69) is 15.2 Å². The zero-order valence-electron chi connectivity index (χ0n) is 14.3. The van der Waals surface area contributed by atoms with Crippen LogP contribution in [-0.2, 0) is 24.3 Å². The van der Waals surface area contributed by atoms with Crippen molar-refractivity contribution in [2.45, 2.75) is 64.6 Å². The summed E-state index contributed by atoms with van der Waals surface area (Å²) >= 11 is 0. The van der Waals surface area contributed by atoms with Crippen molar-refractivity contribution in [3.05, 3.63) is 28.0 Å². The van der Waals surface area contributed by atoms with Gasteiger partial charge in [-0.25, -0.2) is 9.48 Å². The van der Waals surface area contributed by atoms with Crippen molar-refractivity contribution >= 4 is 5.91 Å². The molecule has 25 heavy (non-hydrogen) atoms. The normalized spacial score (nSPS) is 20.5. The molecular weight excluding hydrogens is 324 g/mol. The number of hydrogen-bond donors (Lipinski definition) is 0. The number of aryl methyl sites for hydroxylation is 2. The van der Waals surface area contributed by atoms with Crippen molar-refractivity contribution in [3.8, 4) is 0 Å². The lowest BCUT2D eigenvalue weighted by Crippen LogP contribution is -2.37. The monoisotopic (exact) mass is 346 g/mol. The maximum absolute atomic E-state index is 12.8. The largest absolute Gasteiger partial charge is 0.346 e. The van der Waals surface area contributed by atoms with Crippen molar-refractivity contribution in [1.29, 1.82) is 0 Å². The molecule has 0 radical (unpaired) electrons. The fourth-order valence-corrected chi connectivity index (χ4v) is 3.73. The summed E-state index contributed by atoms with van der Waals surface area (Å²) in [5.74, 6) is 1.70. The van der Waals surface area contributed by atoms with Crippen LogP contribution in [0.5, 0.6) is 0 Å². The Morgan fingerprint density at radius 3 is 2.92 bits per heavy atom. The van der Waals surface area contributed by atoms with Crippen LogP contribution in [0.15, 0.2) is 9.32 Å². The standard InChI is InChI=1S/C16H22N6O3/c1-11-17-15(19-25-11)12-6-5-9-20(12)14(23)10-22-16(24)21-8-4-2-3-7-13(21)18-22/h12H,2-10H2,1H3/t12-/m0/s1. The van der Waals surface area contributed by atoms with Gasteiger partial charge in [0.2, 0.25) is 11.8 Å². The van der Waals surface area contributed by atoms with Crippen LogP contribution in [0.3, 0.4) is 0 Å². The average Bonchev–Trinajstić information content (AvgIpc) is 3.25. The first-order valence-corrected chi connectivity index (χ1v) is 8.89. The Bertz CT molecular complexity index is 835. The second-order valence-electron chi connectivity index (χ2n) is 6.74. The van der Waals surface area contributed by atoms with Crippen LogP contribution in [-0.4, -0.2) is 41.8 Å². The second-order valence-corrected chi connectivity index (χ2v) is 6.74. The van der Waals surface area contributed by atoms with Gasteiger partial charge in [-0.3, -0.25) is 9.36 Å². The Morgan fingerprint density at radius 1 is 1.24 bits per heavy atom. The summed E-state index contributed by atoms with van der Waals surface area (Å²) < 4.78 is 8.06.